The molecule has 7 heteroatoms. The van der Waals surface area contributed by atoms with E-state index in [4.69, 9.17) is 0 Å². The Bertz CT molecular complexity index is 1030. The predicted molar refractivity (Wildman–Crippen MR) is 115 cm³/mol. The van der Waals surface area contributed by atoms with E-state index in [0.717, 1.165) is 37.7 Å². The molecular formula is C24H28N6O. The SMILES string of the molecule is O=C(N[C@H](Cn1cccn1)c1ccccc1)C12C[C@H]3C[C@@H](C1)CC(n1cncn1)(C3)C2. The number of nitrogens with zero attached hydrogens (tertiary/aromatic N) is 5. The van der Waals surface area contributed by atoms with Crippen molar-refractivity contribution in [1.29, 1.82) is 0 Å². The largest absolute Gasteiger partial charge is 0.347 e. The summed E-state index contributed by atoms with van der Waals surface area (Å²) in [6, 6.07) is 12.1. The van der Waals surface area contributed by atoms with Crippen molar-refractivity contribution in [3.63, 3.8) is 0 Å². The minimum Gasteiger partial charge on any atom is -0.347 e. The average molecular weight is 417 g/mol. The van der Waals surface area contributed by atoms with Crippen molar-refractivity contribution in [3.8, 4) is 0 Å². The van der Waals surface area contributed by atoms with Gasteiger partial charge < -0.3 is 5.32 Å². The number of carbonyl (C=O) groups excluding carboxylic acids is 1. The first-order valence-electron chi connectivity index (χ1n) is 11.3. The van der Waals surface area contributed by atoms with Crippen molar-refractivity contribution in [2.24, 2.45) is 17.3 Å². The van der Waals surface area contributed by atoms with Gasteiger partial charge in [-0.3, -0.25) is 9.48 Å². The summed E-state index contributed by atoms with van der Waals surface area (Å²) in [7, 11) is 0. The molecule has 160 valence electrons. The number of benzene rings is 1. The van der Waals surface area contributed by atoms with E-state index < -0.39 is 0 Å². The number of nitrogens with one attached hydrogen (secondary N) is 1. The highest BCUT2D eigenvalue weighted by Gasteiger charge is 2.61. The van der Waals surface area contributed by atoms with Crippen LogP contribution in [0.5, 0.6) is 0 Å². The number of hydrogen-bond donors (Lipinski definition) is 1. The van der Waals surface area contributed by atoms with E-state index in [1.54, 1.807) is 12.5 Å². The molecule has 3 aromatic rings. The van der Waals surface area contributed by atoms with Crippen LogP contribution in [-0.4, -0.2) is 30.5 Å². The monoisotopic (exact) mass is 416 g/mol. The van der Waals surface area contributed by atoms with E-state index in [2.05, 4.69) is 37.3 Å². The number of aromatic nitrogens is 5. The number of amides is 1. The molecule has 7 nitrogen and oxygen atoms in total. The highest BCUT2D eigenvalue weighted by atomic mass is 16.2. The molecule has 1 N–H and O–H groups in total. The van der Waals surface area contributed by atoms with Gasteiger partial charge in [-0.05, 0) is 62.0 Å². The Balaban J connectivity index is 1.30. The zero-order valence-electron chi connectivity index (χ0n) is 17.6. The maximum Gasteiger partial charge on any atom is 0.226 e. The topological polar surface area (TPSA) is 77.6 Å². The Morgan fingerprint density at radius 1 is 1.10 bits per heavy atom. The number of rotatable bonds is 6. The van der Waals surface area contributed by atoms with Gasteiger partial charge in [0.05, 0.1) is 23.5 Å². The standard InChI is InChI=1S/C24H28N6O/c31-22(28-21(14-29-8-4-7-26-29)20-5-2-1-3-6-20)23-10-18-9-19(11-23)13-24(12-18,15-23)30-17-25-16-27-30/h1-8,16-19,21H,9-15H2,(H,28,31)/t18-,19+,21-,23?,24?/m1/s1. The Morgan fingerprint density at radius 2 is 1.90 bits per heavy atom. The molecule has 4 fully saturated rings. The van der Waals surface area contributed by atoms with Crippen LogP contribution in [0.4, 0.5) is 0 Å². The summed E-state index contributed by atoms with van der Waals surface area (Å²) in [6.45, 7) is 0.625. The van der Waals surface area contributed by atoms with Gasteiger partial charge in [0.2, 0.25) is 5.91 Å². The predicted octanol–water partition coefficient (Wildman–Crippen LogP) is 3.33. The van der Waals surface area contributed by atoms with Crippen LogP contribution in [0.1, 0.15) is 50.1 Å². The molecule has 0 radical (unpaired) electrons. The Morgan fingerprint density at radius 3 is 2.58 bits per heavy atom. The van der Waals surface area contributed by atoms with Crippen molar-refractivity contribution in [1.82, 2.24) is 29.9 Å². The summed E-state index contributed by atoms with van der Waals surface area (Å²) in [5.41, 5.74) is 0.747. The molecule has 4 aliphatic carbocycles. The van der Waals surface area contributed by atoms with Gasteiger partial charge in [0, 0.05) is 12.4 Å². The van der Waals surface area contributed by atoms with E-state index >= 15 is 0 Å². The van der Waals surface area contributed by atoms with Crippen LogP contribution in [0, 0.1) is 17.3 Å². The first kappa shape index (κ1) is 18.8. The zero-order chi connectivity index (χ0) is 20.9. The first-order chi connectivity index (χ1) is 15.1. The van der Waals surface area contributed by atoms with Crippen molar-refractivity contribution < 1.29 is 4.79 Å². The van der Waals surface area contributed by atoms with Crippen molar-refractivity contribution >= 4 is 5.91 Å². The molecule has 4 bridgehead atoms. The van der Waals surface area contributed by atoms with Gasteiger partial charge in [0.1, 0.15) is 12.7 Å². The molecule has 1 amide bonds. The zero-order valence-corrected chi connectivity index (χ0v) is 17.6. The van der Waals surface area contributed by atoms with Gasteiger partial charge in [-0.15, -0.1) is 0 Å². The normalized spacial score (nSPS) is 32.1. The Hall–Kier alpha value is -2.96. The van der Waals surface area contributed by atoms with Gasteiger partial charge in [-0.1, -0.05) is 30.3 Å². The number of carbonyl (C=O) groups is 1. The lowest BCUT2D eigenvalue weighted by molar-refractivity contribution is -0.157. The second-order valence-electron chi connectivity index (χ2n) is 9.97. The maximum atomic E-state index is 13.9. The van der Waals surface area contributed by atoms with Gasteiger partial charge in [-0.25, -0.2) is 9.67 Å². The van der Waals surface area contributed by atoms with Crippen LogP contribution >= 0.6 is 0 Å². The smallest absolute Gasteiger partial charge is 0.226 e. The Kier molecular flexibility index (Phi) is 4.26. The summed E-state index contributed by atoms with van der Waals surface area (Å²) in [6.07, 6.45) is 13.6. The maximum absolute atomic E-state index is 13.9. The second-order valence-corrected chi connectivity index (χ2v) is 9.97. The number of hydrogen-bond acceptors (Lipinski definition) is 4. The second kappa shape index (κ2) is 7.04. The molecule has 0 aliphatic heterocycles. The molecule has 0 spiro atoms. The molecule has 1 aromatic carbocycles. The molecule has 4 aliphatic rings. The fourth-order valence-electron chi connectivity index (χ4n) is 7.03. The van der Waals surface area contributed by atoms with Crippen molar-refractivity contribution in [2.75, 3.05) is 0 Å². The van der Waals surface area contributed by atoms with E-state index in [9.17, 15) is 4.79 Å². The average Bonchev–Trinajstić information content (AvgIpc) is 3.48. The van der Waals surface area contributed by atoms with E-state index in [1.807, 2.05) is 41.5 Å². The third-order valence-electron chi connectivity index (χ3n) is 7.85. The summed E-state index contributed by atoms with van der Waals surface area (Å²) < 4.78 is 3.96. The van der Waals surface area contributed by atoms with Crippen LogP contribution in [0.2, 0.25) is 0 Å². The first-order valence-corrected chi connectivity index (χ1v) is 11.3. The molecule has 0 saturated heterocycles. The fourth-order valence-corrected chi connectivity index (χ4v) is 7.03. The summed E-state index contributed by atoms with van der Waals surface area (Å²) in [4.78, 5) is 18.2. The third kappa shape index (κ3) is 3.18. The molecule has 5 atom stereocenters. The van der Waals surface area contributed by atoms with Crippen LogP contribution in [-0.2, 0) is 16.9 Å². The van der Waals surface area contributed by atoms with Crippen LogP contribution in [0.25, 0.3) is 0 Å². The molecule has 2 unspecified atom stereocenters. The molecule has 7 rings (SSSR count). The third-order valence-corrected chi connectivity index (χ3v) is 7.85. The molecular weight excluding hydrogens is 388 g/mol. The lowest BCUT2D eigenvalue weighted by atomic mass is 9.46. The van der Waals surface area contributed by atoms with E-state index in [1.165, 1.54) is 6.42 Å². The summed E-state index contributed by atoms with van der Waals surface area (Å²) in [5, 5.41) is 12.3. The minimum atomic E-state index is -0.312. The highest BCUT2D eigenvalue weighted by Crippen LogP contribution is 2.64. The van der Waals surface area contributed by atoms with Crippen molar-refractivity contribution in [2.45, 2.75) is 56.7 Å². The quantitative estimate of drug-likeness (QED) is 0.669. The van der Waals surface area contributed by atoms with Crippen LogP contribution in [0.3, 0.4) is 0 Å². The van der Waals surface area contributed by atoms with Gasteiger partial charge >= 0.3 is 0 Å². The van der Waals surface area contributed by atoms with Crippen LogP contribution < -0.4 is 5.32 Å². The molecule has 4 saturated carbocycles. The van der Waals surface area contributed by atoms with Crippen LogP contribution in [0.15, 0.2) is 61.4 Å². The van der Waals surface area contributed by atoms with E-state index in [-0.39, 0.29) is 22.9 Å². The molecule has 2 aromatic heterocycles. The van der Waals surface area contributed by atoms with Gasteiger partial charge in [0.15, 0.2) is 0 Å². The van der Waals surface area contributed by atoms with Gasteiger partial charge in [0.25, 0.3) is 0 Å². The molecule has 2 heterocycles. The van der Waals surface area contributed by atoms with E-state index in [0.29, 0.717) is 18.4 Å². The Labute approximate surface area is 181 Å². The summed E-state index contributed by atoms with van der Waals surface area (Å²) >= 11 is 0. The highest BCUT2D eigenvalue weighted by molar-refractivity contribution is 5.83. The van der Waals surface area contributed by atoms with Gasteiger partial charge in [-0.2, -0.15) is 10.2 Å². The fraction of sp³-hybridized carbons (Fsp3) is 0.500. The summed E-state index contributed by atoms with van der Waals surface area (Å²) in [5.74, 6) is 1.39. The van der Waals surface area contributed by atoms with Crippen molar-refractivity contribution in [3.05, 3.63) is 67.0 Å². The lowest BCUT2D eigenvalue weighted by Gasteiger charge is -2.61. The lowest BCUT2D eigenvalue weighted by Crippen LogP contribution is -2.61. The minimum absolute atomic E-state index is 0.0534. The molecule has 31 heavy (non-hydrogen) atoms.